The molecule has 85 valence electrons. The van der Waals surface area contributed by atoms with Crippen LogP contribution in [0.4, 0.5) is 0 Å². The Kier molecular flexibility index (Phi) is 2.99. The summed E-state index contributed by atoms with van der Waals surface area (Å²) in [4.78, 5) is 12.1. The Morgan fingerprint density at radius 2 is 2.06 bits per heavy atom. The van der Waals surface area contributed by atoms with Crippen LogP contribution in [0.5, 0.6) is 0 Å². The van der Waals surface area contributed by atoms with Crippen molar-refractivity contribution in [2.24, 2.45) is 5.92 Å². The number of nitrogens with one attached hydrogen (secondary N) is 1. The van der Waals surface area contributed by atoms with Gasteiger partial charge in [-0.05, 0) is 30.4 Å². The zero-order valence-electron chi connectivity index (χ0n) is 9.92. The average molecular weight is 216 g/mol. The molecule has 1 aliphatic rings. The second kappa shape index (κ2) is 4.28. The Balaban J connectivity index is 2.06. The Morgan fingerprint density at radius 3 is 2.56 bits per heavy atom. The highest BCUT2D eigenvalue weighted by Crippen LogP contribution is 2.48. The molecule has 1 N–H and O–H groups in total. The van der Waals surface area contributed by atoms with E-state index in [9.17, 15) is 4.79 Å². The van der Waals surface area contributed by atoms with Crippen molar-refractivity contribution in [3.8, 4) is 0 Å². The van der Waals surface area contributed by atoms with Crippen LogP contribution in [0.15, 0.2) is 24.3 Å². The fraction of sp³-hybridized carbons (Fsp3) is 0.500. The van der Waals surface area contributed by atoms with Crippen LogP contribution in [0.3, 0.4) is 0 Å². The molecule has 0 unspecified atom stereocenters. The Bertz CT molecular complexity index is 366. The number of amides is 1. The minimum atomic E-state index is -0.232. The predicted octanol–water partition coefficient (Wildman–Crippen LogP) is 2.29. The third-order valence-corrected chi connectivity index (χ3v) is 3.13. The van der Waals surface area contributed by atoms with Gasteiger partial charge in [0.25, 0.3) is 0 Å². The van der Waals surface area contributed by atoms with Gasteiger partial charge in [-0.25, -0.2) is 0 Å². The number of hydrogen-bond donors (Lipinski definition) is 1. The van der Waals surface area contributed by atoms with E-state index in [0.29, 0.717) is 5.92 Å². The molecule has 1 fully saturated rings. The SMILES string of the molecule is CC(C)CNC(=O)C1(c2cc[c]cc2)CC1. The van der Waals surface area contributed by atoms with E-state index < -0.39 is 0 Å². The lowest BCUT2D eigenvalue weighted by Gasteiger charge is -2.16. The number of carbonyl (C=O) groups is 1. The maximum atomic E-state index is 12.1. The lowest BCUT2D eigenvalue weighted by Crippen LogP contribution is -2.36. The smallest absolute Gasteiger partial charge is 0.230 e. The van der Waals surface area contributed by atoms with Gasteiger partial charge < -0.3 is 5.32 Å². The zero-order chi connectivity index (χ0) is 11.6. The maximum absolute atomic E-state index is 12.1. The van der Waals surface area contributed by atoms with Crippen LogP contribution >= 0.6 is 0 Å². The Hall–Kier alpha value is -1.31. The highest BCUT2D eigenvalue weighted by molar-refractivity contribution is 5.91. The normalized spacial score (nSPS) is 17.2. The van der Waals surface area contributed by atoms with Crippen LogP contribution in [0.25, 0.3) is 0 Å². The van der Waals surface area contributed by atoms with Crippen LogP contribution in [-0.2, 0) is 10.2 Å². The fourth-order valence-electron chi connectivity index (χ4n) is 1.94. The highest BCUT2D eigenvalue weighted by Gasteiger charge is 2.50. The molecule has 0 aliphatic heterocycles. The Labute approximate surface area is 97.1 Å². The molecule has 1 aromatic carbocycles. The lowest BCUT2D eigenvalue weighted by atomic mass is 9.95. The molecule has 16 heavy (non-hydrogen) atoms. The topological polar surface area (TPSA) is 29.1 Å². The molecule has 1 aromatic rings. The highest BCUT2D eigenvalue weighted by atomic mass is 16.2. The lowest BCUT2D eigenvalue weighted by molar-refractivity contribution is -0.123. The van der Waals surface area contributed by atoms with E-state index in [1.165, 1.54) is 0 Å². The summed E-state index contributed by atoms with van der Waals surface area (Å²) in [5, 5.41) is 3.03. The molecule has 2 rings (SSSR count). The van der Waals surface area contributed by atoms with Gasteiger partial charge in [-0.1, -0.05) is 38.1 Å². The summed E-state index contributed by atoms with van der Waals surface area (Å²) in [6.45, 7) is 4.98. The third-order valence-electron chi connectivity index (χ3n) is 3.13. The molecule has 0 spiro atoms. The first-order valence-electron chi connectivity index (χ1n) is 5.90. The molecule has 0 saturated heterocycles. The van der Waals surface area contributed by atoms with Crippen molar-refractivity contribution in [2.75, 3.05) is 6.54 Å². The second-order valence-corrected chi connectivity index (χ2v) is 4.97. The van der Waals surface area contributed by atoms with Gasteiger partial charge in [0.1, 0.15) is 0 Å². The first-order chi connectivity index (χ1) is 7.65. The Morgan fingerprint density at radius 1 is 1.44 bits per heavy atom. The number of rotatable bonds is 4. The van der Waals surface area contributed by atoms with E-state index in [1.54, 1.807) is 0 Å². The molecule has 0 heterocycles. The van der Waals surface area contributed by atoms with Crippen LogP contribution in [0.1, 0.15) is 32.3 Å². The number of carbonyl (C=O) groups excluding carboxylic acids is 1. The van der Waals surface area contributed by atoms with Crippen LogP contribution in [-0.4, -0.2) is 12.5 Å². The molecule has 2 nitrogen and oxygen atoms in total. The van der Waals surface area contributed by atoms with E-state index in [0.717, 1.165) is 24.9 Å². The fourth-order valence-corrected chi connectivity index (χ4v) is 1.94. The van der Waals surface area contributed by atoms with E-state index in [4.69, 9.17) is 0 Å². The second-order valence-electron chi connectivity index (χ2n) is 4.97. The summed E-state index contributed by atoms with van der Waals surface area (Å²) < 4.78 is 0. The van der Waals surface area contributed by atoms with E-state index in [1.807, 2.05) is 24.3 Å². The van der Waals surface area contributed by atoms with E-state index in [-0.39, 0.29) is 11.3 Å². The van der Waals surface area contributed by atoms with Crippen molar-refractivity contribution in [3.05, 3.63) is 35.9 Å². The van der Waals surface area contributed by atoms with Gasteiger partial charge in [-0.3, -0.25) is 4.79 Å². The summed E-state index contributed by atoms with van der Waals surface area (Å²) >= 11 is 0. The van der Waals surface area contributed by atoms with Crippen molar-refractivity contribution >= 4 is 5.91 Å². The quantitative estimate of drug-likeness (QED) is 0.822. The van der Waals surface area contributed by atoms with Crippen LogP contribution < -0.4 is 5.32 Å². The van der Waals surface area contributed by atoms with Gasteiger partial charge in [-0.2, -0.15) is 0 Å². The van der Waals surface area contributed by atoms with Crippen molar-refractivity contribution in [1.29, 1.82) is 0 Å². The largest absolute Gasteiger partial charge is 0.355 e. The molecule has 1 radical (unpaired) electrons. The first-order valence-corrected chi connectivity index (χ1v) is 5.90. The summed E-state index contributed by atoms with van der Waals surface area (Å²) in [7, 11) is 0. The van der Waals surface area contributed by atoms with Crippen LogP contribution in [0.2, 0.25) is 0 Å². The van der Waals surface area contributed by atoms with Gasteiger partial charge >= 0.3 is 0 Å². The first kappa shape index (κ1) is 11.2. The predicted molar refractivity (Wildman–Crippen MR) is 64.0 cm³/mol. The van der Waals surface area contributed by atoms with Crippen LogP contribution in [0, 0.1) is 12.0 Å². The van der Waals surface area contributed by atoms with Gasteiger partial charge in [0.2, 0.25) is 5.91 Å². The number of hydrogen-bond acceptors (Lipinski definition) is 1. The van der Waals surface area contributed by atoms with Crippen molar-refractivity contribution in [1.82, 2.24) is 5.32 Å². The minimum Gasteiger partial charge on any atom is -0.355 e. The number of benzene rings is 1. The average Bonchev–Trinajstić information content (AvgIpc) is 3.08. The molecule has 0 bridgehead atoms. The van der Waals surface area contributed by atoms with Crippen molar-refractivity contribution in [3.63, 3.8) is 0 Å². The van der Waals surface area contributed by atoms with Crippen molar-refractivity contribution in [2.45, 2.75) is 32.1 Å². The summed E-state index contributed by atoms with van der Waals surface area (Å²) in [5.74, 6) is 0.691. The molecule has 1 aliphatic carbocycles. The zero-order valence-corrected chi connectivity index (χ0v) is 9.92. The van der Waals surface area contributed by atoms with E-state index in [2.05, 4.69) is 25.2 Å². The summed E-state index contributed by atoms with van der Waals surface area (Å²) in [6, 6.07) is 10.8. The minimum absolute atomic E-state index is 0.187. The molecule has 0 aromatic heterocycles. The summed E-state index contributed by atoms with van der Waals surface area (Å²) in [5.41, 5.74) is 0.900. The maximum Gasteiger partial charge on any atom is 0.230 e. The van der Waals surface area contributed by atoms with Gasteiger partial charge in [0.15, 0.2) is 0 Å². The molecular formula is C14H18NO. The summed E-state index contributed by atoms with van der Waals surface area (Å²) in [6.07, 6.45) is 1.95. The molecule has 1 saturated carbocycles. The third kappa shape index (κ3) is 2.11. The molecular weight excluding hydrogens is 198 g/mol. The van der Waals surface area contributed by atoms with Crippen molar-refractivity contribution < 1.29 is 4.79 Å². The van der Waals surface area contributed by atoms with Gasteiger partial charge in [-0.15, -0.1) is 0 Å². The van der Waals surface area contributed by atoms with Gasteiger partial charge in [0.05, 0.1) is 5.41 Å². The molecule has 0 atom stereocenters. The molecule has 2 heteroatoms. The standard InChI is InChI=1S/C14H18NO/c1-11(2)10-15-13(16)14(8-9-14)12-6-4-3-5-7-12/h4-7,11H,8-10H2,1-2H3,(H,15,16). The van der Waals surface area contributed by atoms with E-state index >= 15 is 0 Å². The monoisotopic (exact) mass is 216 g/mol. The molecule has 1 amide bonds. The van der Waals surface area contributed by atoms with Gasteiger partial charge in [0, 0.05) is 6.54 Å².